The minimum absolute atomic E-state index is 0.329. The Hall–Kier alpha value is -3.12. The van der Waals surface area contributed by atoms with Crippen LogP contribution in [0.3, 0.4) is 0 Å². The highest BCUT2D eigenvalue weighted by Crippen LogP contribution is 2.24. The van der Waals surface area contributed by atoms with Gasteiger partial charge in [-0.25, -0.2) is 4.79 Å². The molecule has 0 saturated carbocycles. The average Bonchev–Trinajstić information content (AvgIpc) is 2.75. The van der Waals surface area contributed by atoms with Crippen molar-refractivity contribution < 1.29 is 4.79 Å². The number of urea groups is 1. The maximum Gasteiger partial charge on any atom is 0.323 e. The van der Waals surface area contributed by atoms with Crippen LogP contribution in [0.4, 0.5) is 22.0 Å². The van der Waals surface area contributed by atoms with Gasteiger partial charge in [0.2, 0.25) is 0 Å². The maximum atomic E-state index is 12.2. The van der Waals surface area contributed by atoms with Gasteiger partial charge in [0.15, 0.2) is 5.82 Å². The molecule has 0 atom stereocenters. The molecule has 1 aliphatic rings. The summed E-state index contributed by atoms with van der Waals surface area (Å²) in [5.74, 6) is 1.72. The van der Waals surface area contributed by atoms with E-state index in [1.807, 2.05) is 36.4 Å². The van der Waals surface area contributed by atoms with Crippen molar-refractivity contribution in [1.29, 1.82) is 0 Å². The first-order valence-electron chi connectivity index (χ1n) is 10.1. The molecule has 2 N–H and O–H groups in total. The normalized spacial score (nSPS) is 14.4. The molecule has 1 fully saturated rings. The SMILES string of the molecule is CC1CCN(c2ccc(-c3ccc(NC(=O)Nc4cccc(Cl)c4)cc3)nn2)CC1. The molecule has 30 heavy (non-hydrogen) atoms. The zero-order valence-corrected chi connectivity index (χ0v) is 17.6. The fraction of sp³-hybridized carbons (Fsp3) is 0.261. The van der Waals surface area contributed by atoms with Crippen LogP contribution < -0.4 is 15.5 Å². The Morgan fingerprint density at radius 2 is 1.70 bits per heavy atom. The quantitative estimate of drug-likeness (QED) is 0.568. The molecule has 6 nitrogen and oxygen atoms in total. The summed E-state index contributed by atoms with van der Waals surface area (Å²) >= 11 is 5.94. The molecular weight excluding hydrogens is 398 g/mol. The van der Waals surface area contributed by atoms with Crippen molar-refractivity contribution in [1.82, 2.24) is 10.2 Å². The van der Waals surface area contributed by atoms with Crippen molar-refractivity contribution in [2.45, 2.75) is 19.8 Å². The highest BCUT2D eigenvalue weighted by Gasteiger charge is 2.17. The molecule has 0 unspecified atom stereocenters. The van der Waals surface area contributed by atoms with E-state index >= 15 is 0 Å². The lowest BCUT2D eigenvalue weighted by atomic mass is 9.99. The summed E-state index contributed by atoms with van der Waals surface area (Å²) in [5.41, 5.74) is 3.07. The first-order valence-corrected chi connectivity index (χ1v) is 10.5. The maximum absolute atomic E-state index is 12.2. The van der Waals surface area contributed by atoms with Gasteiger partial charge >= 0.3 is 6.03 Å². The minimum atomic E-state index is -0.329. The number of anilines is 3. The molecule has 0 radical (unpaired) electrons. The van der Waals surface area contributed by atoms with Gasteiger partial charge in [-0.15, -0.1) is 10.2 Å². The van der Waals surface area contributed by atoms with E-state index in [0.717, 1.165) is 36.1 Å². The smallest absolute Gasteiger partial charge is 0.323 e. The number of hydrogen-bond acceptors (Lipinski definition) is 4. The molecule has 2 amide bonds. The van der Waals surface area contributed by atoms with Gasteiger partial charge in [0.25, 0.3) is 0 Å². The highest BCUT2D eigenvalue weighted by atomic mass is 35.5. The van der Waals surface area contributed by atoms with Crippen LogP contribution in [0.15, 0.2) is 60.7 Å². The average molecular weight is 422 g/mol. The number of halogens is 1. The fourth-order valence-corrected chi connectivity index (χ4v) is 3.66. The summed E-state index contributed by atoms with van der Waals surface area (Å²) in [6.07, 6.45) is 2.39. The number of piperidine rings is 1. The molecule has 1 aliphatic heterocycles. The van der Waals surface area contributed by atoms with Crippen LogP contribution in [-0.4, -0.2) is 29.3 Å². The van der Waals surface area contributed by atoms with Gasteiger partial charge in [-0.05, 0) is 61.2 Å². The number of hydrogen-bond donors (Lipinski definition) is 2. The van der Waals surface area contributed by atoms with E-state index in [0.29, 0.717) is 16.4 Å². The van der Waals surface area contributed by atoms with Crippen LogP contribution in [0.5, 0.6) is 0 Å². The molecule has 3 aromatic rings. The Labute approximate surface area is 181 Å². The molecule has 1 saturated heterocycles. The molecule has 0 spiro atoms. The summed E-state index contributed by atoms with van der Waals surface area (Å²) in [5, 5.41) is 14.9. The number of aromatic nitrogens is 2. The van der Waals surface area contributed by atoms with Gasteiger partial charge < -0.3 is 15.5 Å². The van der Waals surface area contributed by atoms with Crippen molar-refractivity contribution in [2.24, 2.45) is 5.92 Å². The van der Waals surface area contributed by atoms with Gasteiger partial charge in [-0.2, -0.15) is 0 Å². The largest absolute Gasteiger partial charge is 0.355 e. The molecular formula is C23H24ClN5O. The molecule has 0 aliphatic carbocycles. The number of amides is 2. The summed E-state index contributed by atoms with van der Waals surface area (Å²) in [4.78, 5) is 14.5. The number of carbonyl (C=O) groups is 1. The number of benzene rings is 2. The third kappa shape index (κ3) is 5.07. The first-order chi connectivity index (χ1) is 14.6. The molecule has 0 bridgehead atoms. The zero-order valence-electron chi connectivity index (χ0n) is 16.8. The van der Waals surface area contributed by atoms with E-state index in [4.69, 9.17) is 11.6 Å². The Balaban J connectivity index is 1.36. The topological polar surface area (TPSA) is 70.2 Å². The summed E-state index contributed by atoms with van der Waals surface area (Å²) in [6.45, 7) is 4.37. The molecule has 4 rings (SSSR count). The predicted molar refractivity (Wildman–Crippen MR) is 122 cm³/mol. The second kappa shape index (κ2) is 9.13. The van der Waals surface area contributed by atoms with Gasteiger partial charge in [0, 0.05) is 35.1 Å². The van der Waals surface area contributed by atoms with Gasteiger partial charge in [0.05, 0.1) is 5.69 Å². The van der Waals surface area contributed by atoms with E-state index in [2.05, 4.69) is 32.7 Å². The summed E-state index contributed by atoms with van der Waals surface area (Å²) < 4.78 is 0. The lowest BCUT2D eigenvalue weighted by Crippen LogP contribution is -2.33. The van der Waals surface area contributed by atoms with E-state index in [1.165, 1.54) is 12.8 Å². The number of nitrogens with one attached hydrogen (secondary N) is 2. The third-order valence-corrected chi connectivity index (χ3v) is 5.51. The highest BCUT2D eigenvalue weighted by molar-refractivity contribution is 6.30. The van der Waals surface area contributed by atoms with E-state index in [1.54, 1.807) is 24.3 Å². The Kier molecular flexibility index (Phi) is 6.14. The first kappa shape index (κ1) is 20.2. The Bertz CT molecular complexity index is 999. The van der Waals surface area contributed by atoms with Gasteiger partial charge in [-0.1, -0.05) is 36.7 Å². The molecule has 154 valence electrons. The summed E-state index contributed by atoms with van der Waals surface area (Å²) in [6, 6.07) is 18.2. The van der Waals surface area contributed by atoms with E-state index in [9.17, 15) is 4.79 Å². The van der Waals surface area contributed by atoms with Crippen LogP contribution in [-0.2, 0) is 0 Å². The van der Waals surface area contributed by atoms with Crippen LogP contribution in [0.25, 0.3) is 11.3 Å². The van der Waals surface area contributed by atoms with Crippen molar-refractivity contribution in [3.63, 3.8) is 0 Å². The summed E-state index contributed by atoms with van der Waals surface area (Å²) in [7, 11) is 0. The standard InChI is InChI=1S/C23H24ClN5O/c1-16-11-13-29(14-12-16)22-10-9-21(27-28-22)17-5-7-19(8-6-17)25-23(30)26-20-4-2-3-18(24)15-20/h2-10,15-16H,11-14H2,1H3,(H2,25,26,30). The monoisotopic (exact) mass is 421 g/mol. The van der Waals surface area contributed by atoms with Crippen molar-refractivity contribution in [3.05, 3.63) is 65.7 Å². The molecule has 2 aromatic carbocycles. The molecule has 2 heterocycles. The lowest BCUT2D eigenvalue weighted by molar-refractivity contribution is 0.262. The Morgan fingerprint density at radius 3 is 2.37 bits per heavy atom. The zero-order chi connectivity index (χ0) is 20.9. The van der Waals surface area contributed by atoms with Crippen molar-refractivity contribution in [3.8, 4) is 11.3 Å². The van der Waals surface area contributed by atoms with Crippen LogP contribution >= 0.6 is 11.6 Å². The van der Waals surface area contributed by atoms with Crippen LogP contribution in [0, 0.1) is 5.92 Å². The van der Waals surface area contributed by atoms with Crippen molar-refractivity contribution >= 4 is 34.8 Å². The molecule has 1 aromatic heterocycles. The Morgan fingerprint density at radius 1 is 0.967 bits per heavy atom. The van der Waals surface area contributed by atoms with E-state index < -0.39 is 0 Å². The van der Waals surface area contributed by atoms with Crippen molar-refractivity contribution in [2.75, 3.05) is 28.6 Å². The fourth-order valence-electron chi connectivity index (χ4n) is 3.47. The second-order valence-corrected chi connectivity index (χ2v) is 8.05. The predicted octanol–water partition coefficient (Wildman–Crippen LogP) is 5.68. The van der Waals surface area contributed by atoms with Crippen LogP contribution in [0.2, 0.25) is 5.02 Å². The number of nitrogens with zero attached hydrogens (tertiary/aromatic N) is 3. The second-order valence-electron chi connectivity index (χ2n) is 7.61. The lowest BCUT2D eigenvalue weighted by Gasteiger charge is -2.30. The van der Waals surface area contributed by atoms with Gasteiger partial charge in [-0.3, -0.25) is 0 Å². The third-order valence-electron chi connectivity index (χ3n) is 5.28. The minimum Gasteiger partial charge on any atom is -0.355 e. The van der Waals surface area contributed by atoms with E-state index in [-0.39, 0.29) is 6.03 Å². The van der Waals surface area contributed by atoms with Gasteiger partial charge in [0.1, 0.15) is 0 Å². The number of rotatable bonds is 4. The molecule has 7 heteroatoms. The number of carbonyl (C=O) groups excluding carboxylic acids is 1. The van der Waals surface area contributed by atoms with Crippen LogP contribution in [0.1, 0.15) is 19.8 Å².